The number of pyridine rings is 1. The van der Waals surface area contributed by atoms with Crippen molar-refractivity contribution in [3.63, 3.8) is 0 Å². The third kappa shape index (κ3) is 3.02. The second-order valence-electron chi connectivity index (χ2n) is 3.99. The summed E-state index contributed by atoms with van der Waals surface area (Å²) in [6, 6.07) is 3.55. The highest BCUT2D eigenvalue weighted by molar-refractivity contribution is 5.90. The average molecular weight is 205 g/mol. The normalized spacial score (nSPS) is 17.1. The Hall–Kier alpha value is -1.42. The molecule has 0 radical (unpaired) electrons. The molecule has 80 valence electrons. The number of nitrogens with one attached hydrogen (secondary N) is 1. The van der Waals surface area contributed by atoms with Gasteiger partial charge < -0.3 is 11.1 Å². The van der Waals surface area contributed by atoms with E-state index in [-0.39, 0.29) is 11.9 Å². The minimum absolute atomic E-state index is 0.0133. The van der Waals surface area contributed by atoms with Gasteiger partial charge in [0.05, 0.1) is 0 Å². The Morgan fingerprint density at radius 3 is 2.80 bits per heavy atom. The number of aromatic nitrogens is 1. The number of amides is 1. The van der Waals surface area contributed by atoms with Crippen molar-refractivity contribution in [3.8, 4) is 0 Å². The van der Waals surface area contributed by atoms with Crippen LogP contribution in [0.2, 0.25) is 0 Å². The summed E-state index contributed by atoms with van der Waals surface area (Å²) < 4.78 is 0. The molecule has 0 bridgehead atoms. The SMILES string of the molecule is NC(CC(=O)Nc1ccncc1)C1CC1. The first-order valence-electron chi connectivity index (χ1n) is 5.21. The fraction of sp³-hybridized carbons (Fsp3) is 0.455. The monoisotopic (exact) mass is 205 g/mol. The Labute approximate surface area is 88.9 Å². The predicted molar refractivity (Wildman–Crippen MR) is 58.2 cm³/mol. The van der Waals surface area contributed by atoms with E-state index in [1.807, 2.05) is 0 Å². The Kier molecular flexibility index (Phi) is 2.97. The molecule has 4 nitrogen and oxygen atoms in total. The van der Waals surface area contributed by atoms with E-state index in [0.29, 0.717) is 12.3 Å². The van der Waals surface area contributed by atoms with E-state index >= 15 is 0 Å². The zero-order valence-electron chi connectivity index (χ0n) is 8.52. The zero-order chi connectivity index (χ0) is 10.7. The minimum atomic E-state index is -0.0133. The molecule has 1 amide bonds. The van der Waals surface area contributed by atoms with Crippen LogP contribution in [-0.4, -0.2) is 16.9 Å². The molecular formula is C11H15N3O. The summed E-state index contributed by atoms with van der Waals surface area (Å²) in [6.07, 6.45) is 6.05. The van der Waals surface area contributed by atoms with E-state index in [9.17, 15) is 4.79 Å². The van der Waals surface area contributed by atoms with E-state index in [1.165, 1.54) is 12.8 Å². The van der Waals surface area contributed by atoms with Gasteiger partial charge in [0.1, 0.15) is 0 Å². The topological polar surface area (TPSA) is 68.0 Å². The van der Waals surface area contributed by atoms with E-state index in [0.717, 1.165) is 5.69 Å². The summed E-state index contributed by atoms with van der Waals surface area (Å²) in [6.45, 7) is 0. The molecule has 1 aromatic rings. The molecule has 1 fully saturated rings. The zero-order valence-corrected chi connectivity index (χ0v) is 8.52. The summed E-state index contributed by atoms with van der Waals surface area (Å²) in [5, 5.41) is 2.80. The maximum atomic E-state index is 11.5. The lowest BCUT2D eigenvalue weighted by molar-refractivity contribution is -0.116. The third-order valence-corrected chi connectivity index (χ3v) is 2.61. The van der Waals surface area contributed by atoms with Crippen LogP contribution in [0.15, 0.2) is 24.5 Å². The summed E-state index contributed by atoms with van der Waals surface area (Å²) in [7, 11) is 0. The van der Waals surface area contributed by atoms with E-state index in [2.05, 4.69) is 10.3 Å². The van der Waals surface area contributed by atoms with Crippen molar-refractivity contribution in [2.45, 2.75) is 25.3 Å². The number of hydrogen-bond acceptors (Lipinski definition) is 3. The number of carbonyl (C=O) groups excluding carboxylic acids is 1. The largest absolute Gasteiger partial charge is 0.327 e. The van der Waals surface area contributed by atoms with Gasteiger partial charge in [0.15, 0.2) is 0 Å². The van der Waals surface area contributed by atoms with Crippen molar-refractivity contribution < 1.29 is 4.79 Å². The van der Waals surface area contributed by atoms with Gasteiger partial charge in [0.25, 0.3) is 0 Å². The molecule has 1 saturated carbocycles. The Morgan fingerprint density at radius 1 is 1.53 bits per heavy atom. The van der Waals surface area contributed by atoms with Crippen molar-refractivity contribution in [2.24, 2.45) is 11.7 Å². The smallest absolute Gasteiger partial charge is 0.225 e. The maximum absolute atomic E-state index is 11.5. The first-order chi connectivity index (χ1) is 7.25. The van der Waals surface area contributed by atoms with Gasteiger partial charge in [0.2, 0.25) is 5.91 Å². The van der Waals surface area contributed by atoms with E-state index < -0.39 is 0 Å². The first kappa shape index (κ1) is 10.1. The maximum Gasteiger partial charge on any atom is 0.225 e. The van der Waals surface area contributed by atoms with E-state index in [1.54, 1.807) is 24.5 Å². The molecule has 0 aliphatic heterocycles. The van der Waals surface area contributed by atoms with Crippen LogP contribution in [0.25, 0.3) is 0 Å². The number of nitrogens with two attached hydrogens (primary N) is 1. The number of carbonyl (C=O) groups is 1. The molecular weight excluding hydrogens is 190 g/mol. The van der Waals surface area contributed by atoms with Gasteiger partial charge in [-0.1, -0.05) is 0 Å². The van der Waals surface area contributed by atoms with Crippen LogP contribution >= 0.6 is 0 Å². The Morgan fingerprint density at radius 2 is 2.20 bits per heavy atom. The molecule has 1 aliphatic rings. The van der Waals surface area contributed by atoms with Crippen LogP contribution in [0.4, 0.5) is 5.69 Å². The minimum Gasteiger partial charge on any atom is -0.327 e. The highest BCUT2D eigenvalue weighted by atomic mass is 16.1. The average Bonchev–Trinajstić information content (AvgIpc) is 3.01. The molecule has 2 rings (SSSR count). The van der Waals surface area contributed by atoms with Gasteiger partial charge in [-0.15, -0.1) is 0 Å². The van der Waals surface area contributed by atoms with Crippen LogP contribution in [0.1, 0.15) is 19.3 Å². The molecule has 1 heterocycles. The van der Waals surface area contributed by atoms with Crippen LogP contribution in [0.3, 0.4) is 0 Å². The standard InChI is InChI=1S/C11H15N3O/c12-10(8-1-2-8)7-11(15)14-9-3-5-13-6-4-9/h3-6,8,10H,1-2,7,12H2,(H,13,14,15). The molecule has 1 aliphatic carbocycles. The molecule has 1 aromatic heterocycles. The number of rotatable bonds is 4. The van der Waals surface area contributed by atoms with Crippen LogP contribution in [0.5, 0.6) is 0 Å². The summed E-state index contributed by atoms with van der Waals surface area (Å²) in [4.78, 5) is 15.4. The van der Waals surface area contributed by atoms with Crippen molar-refractivity contribution in [1.29, 1.82) is 0 Å². The second kappa shape index (κ2) is 4.40. The highest BCUT2D eigenvalue weighted by Gasteiger charge is 2.29. The molecule has 0 spiro atoms. The molecule has 4 heteroatoms. The first-order valence-corrected chi connectivity index (χ1v) is 5.21. The number of anilines is 1. The number of nitrogens with zero attached hydrogens (tertiary/aromatic N) is 1. The van der Waals surface area contributed by atoms with Gasteiger partial charge >= 0.3 is 0 Å². The fourth-order valence-electron chi connectivity index (χ4n) is 1.55. The third-order valence-electron chi connectivity index (χ3n) is 2.61. The molecule has 3 N–H and O–H groups in total. The Bertz CT molecular complexity index is 335. The van der Waals surface area contributed by atoms with Crippen molar-refractivity contribution >= 4 is 11.6 Å². The predicted octanol–water partition coefficient (Wildman–Crippen LogP) is 1.15. The van der Waals surface area contributed by atoms with Gasteiger partial charge in [-0.25, -0.2) is 0 Å². The number of hydrogen-bond donors (Lipinski definition) is 2. The van der Waals surface area contributed by atoms with Crippen LogP contribution in [0, 0.1) is 5.92 Å². The lowest BCUT2D eigenvalue weighted by Gasteiger charge is -2.10. The lowest BCUT2D eigenvalue weighted by atomic mass is 10.1. The summed E-state index contributed by atoms with van der Waals surface area (Å²) in [5.41, 5.74) is 6.64. The molecule has 1 atom stereocenters. The van der Waals surface area contributed by atoms with Crippen LogP contribution in [-0.2, 0) is 4.79 Å². The highest BCUT2D eigenvalue weighted by Crippen LogP contribution is 2.32. The molecule has 1 unspecified atom stereocenters. The fourth-order valence-corrected chi connectivity index (χ4v) is 1.55. The van der Waals surface area contributed by atoms with Gasteiger partial charge in [-0.2, -0.15) is 0 Å². The van der Waals surface area contributed by atoms with Crippen molar-refractivity contribution in [2.75, 3.05) is 5.32 Å². The summed E-state index contributed by atoms with van der Waals surface area (Å²) >= 11 is 0. The molecule has 0 aromatic carbocycles. The summed E-state index contributed by atoms with van der Waals surface area (Å²) in [5.74, 6) is 0.550. The van der Waals surface area contributed by atoms with E-state index in [4.69, 9.17) is 5.73 Å². The molecule has 0 saturated heterocycles. The van der Waals surface area contributed by atoms with Crippen molar-refractivity contribution in [3.05, 3.63) is 24.5 Å². The quantitative estimate of drug-likeness (QED) is 0.774. The van der Waals surface area contributed by atoms with Gasteiger partial charge in [-0.05, 0) is 30.9 Å². The molecule has 15 heavy (non-hydrogen) atoms. The van der Waals surface area contributed by atoms with Crippen molar-refractivity contribution in [1.82, 2.24) is 4.98 Å². The second-order valence-corrected chi connectivity index (χ2v) is 3.99. The Balaban J connectivity index is 1.81. The lowest BCUT2D eigenvalue weighted by Crippen LogP contribution is -2.28. The van der Waals surface area contributed by atoms with Gasteiger partial charge in [0, 0.05) is 30.5 Å². The van der Waals surface area contributed by atoms with Crippen LogP contribution < -0.4 is 11.1 Å². The van der Waals surface area contributed by atoms with Gasteiger partial charge in [-0.3, -0.25) is 9.78 Å².